The molecule has 0 bridgehead atoms. The van der Waals surface area contributed by atoms with Gasteiger partial charge >= 0.3 is 6.21 Å². The van der Waals surface area contributed by atoms with Gasteiger partial charge in [0.05, 0.1) is 0 Å². The van der Waals surface area contributed by atoms with Crippen LogP contribution in [0.4, 0.5) is 0 Å². The number of hydrogen-bond acceptors (Lipinski definition) is 2. The Morgan fingerprint density at radius 1 is 1.35 bits per heavy atom. The predicted octanol–water partition coefficient (Wildman–Crippen LogP) is 1.87. The van der Waals surface area contributed by atoms with Crippen molar-refractivity contribution in [1.82, 2.24) is 0 Å². The summed E-state index contributed by atoms with van der Waals surface area (Å²) in [5.74, 6) is -0.339. The average Bonchev–Trinajstić information content (AvgIpc) is 2.84. The molecule has 88 valence electrons. The minimum Gasteiger partial charge on any atom is -0.361 e. The second kappa shape index (κ2) is 3.62. The number of rotatable bonds is 3. The number of ketones is 1. The van der Waals surface area contributed by atoms with Crippen LogP contribution in [0.1, 0.15) is 25.0 Å². The third-order valence-electron chi connectivity index (χ3n) is 3.19. The maximum absolute atomic E-state index is 12.0. The molecule has 1 atom stereocenters. The Kier molecular flexibility index (Phi) is 2.49. The molecule has 0 aliphatic carbocycles. The Balaban J connectivity index is 2.48. The smallest absolute Gasteiger partial charge is 0.326 e. The van der Waals surface area contributed by atoms with E-state index < -0.39 is 11.2 Å². The third kappa shape index (κ3) is 1.62. The van der Waals surface area contributed by atoms with Gasteiger partial charge in [-0.05, 0) is 26.3 Å². The summed E-state index contributed by atoms with van der Waals surface area (Å²) >= 11 is 0. The fourth-order valence-electron chi connectivity index (χ4n) is 2.18. The van der Waals surface area contributed by atoms with Crippen molar-refractivity contribution in [3.05, 3.63) is 40.9 Å². The molecule has 4 heteroatoms. The van der Waals surface area contributed by atoms with E-state index in [0.717, 1.165) is 17.3 Å². The highest BCUT2D eigenvalue weighted by Crippen LogP contribution is 2.55. The van der Waals surface area contributed by atoms with Crippen molar-refractivity contribution in [2.24, 2.45) is 0 Å². The number of carbonyl (C=O) groups excluding carboxylic acids is 1. The van der Waals surface area contributed by atoms with Crippen LogP contribution in [0.2, 0.25) is 0 Å². The Hall–Kier alpha value is -1.77. The highest BCUT2D eigenvalue weighted by molar-refractivity contribution is 6.30. The van der Waals surface area contributed by atoms with Crippen molar-refractivity contribution >= 4 is 12.0 Å². The van der Waals surface area contributed by atoms with Gasteiger partial charge in [0.2, 0.25) is 0 Å². The first-order valence-electron chi connectivity index (χ1n) is 5.43. The topological polar surface area (TPSA) is 66.0 Å². The second-order valence-corrected chi connectivity index (χ2v) is 4.77. The minimum atomic E-state index is -1.01. The van der Waals surface area contributed by atoms with Gasteiger partial charge in [0.1, 0.15) is 5.60 Å². The van der Waals surface area contributed by atoms with Crippen LogP contribution in [0.25, 0.3) is 5.53 Å². The van der Waals surface area contributed by atoms with Crippen LogP contribution in [0, 0.1) is 6.92 Å². The van der Waals surface area contributed by atoms with Crippen LogP contribution in [-0.2, 0) is 15.1 Å². The molecule has 1 saturated heterocycles. The van der Waals surface area contributed by atoms with Gasteiger partial charge in [-0.15, -0.1) is 0 Å². The van der Waals surface area contributed by atoms with Crippen molar-refractivity contribution in [2.75, 3.05) is 0 Å². The summed E-state index contributed by atoms with van der Waals surface area (Å²) in [6.07, 6.45) is 0.897. The van der Waals surface area contributed by atoms with E-state index in [1.54, 1.807) is 0 Å². The van der Waals surface area contributed by atoms with E-state index in [0.29, 0.717) is 0 Å². The molecule has 0 radical (unpaired) electrons. The molecule has 0 amide bonds. The number of epoxide rings is 1. The number of ether oxygens (including phenoxy) is 1. The van der Waals surface area contributed by atoms with E-state index in [2.05, 4.69) is 4.79 Å². The molecule has 0 N–H and O–H groups in total. The maximum Gasteiger partial charge on any atom is 0.326 e. The molecule has 1 aromatic carbocycles. The molecular formula is C13H14N2O2. The van der Waals surface area contributed by atoms with Crippen molar-refractivity contribution in [3.63, 3.8) is 0 Å². The largest absolute Gasteiger partial charge is 0.361 e. The predicted molar refractivity (Wildman–Crippen MR) is 62.7 cm³/mol. The standard InChI is InChI=1S/C13H14N2O2/c1-9-4-6-10(7-5-9)13(11(16)8-15-14)12(2,3)17-13/h4-8H,1-3H3/t13-/m0/s1. The molecule has 1 aliphatic heterocycles. The number of nitrogens with zero attached hydrogens (tertiary/aromatic N) is 2. The Labute approximate surface area is 99.8 Å². The van der Waals surface area contributed by atoms with Crippen LogP contribution in [-0.4, -0.2) is 22.4 Å². The summed E-state index contributed by atoms with van der Waals surface area (Å²) in [5, 5.41) is 0. The van der Waals surface area contributed by atoms with Gasteiger partial charge in [0, 0.05) is 0 Å². The zero-order chi connectivity index (χ0) is 12.7. The Morgan fingerprint density at radius 2 is 1.88 bits per heavy atom. The molecule has 1 aliphatic rings. The van der Waals surface area contributed by atoms with Crippen LogP contribution in [0.3, 0.4) is 0 Å². The summed E-state index contributed by atoms with van der Waals surface area (Å²) in [6.45, 7) is 5.66. The van der Waals surface area contributed by atoms with Gasteiger partial charge in [-0.3, -0.25) is 4.79 Å². The highest BCUT2D eigenvalue weighted by Gasteiger charge is 2.70. The molecule has 17 heavy (non-hydrogen) atoms. The molecule has 4 nitrogen and oxygen atoms in total. The van der Waals surface area contributed by atoms with Gasteiger partial charge in [-0.2, -0.15) is 4.79 Å². The number of carbonyl (C=O) groups is 1. The second-order valence-electron chi connectivity index (χ2n) is 4.77. The summed E-state index contributed by atoms with van der Waals surface area (Å²) < 4.78 is 5.58. The van der Waals surface area contributed by atoms with Crippen molar-refractivity contribution in [2.45, 2.75) is 32.0 Å². The molecule has 0 saturated carbocycles. The van der Waals surface area contributed by atoms with Crippen LogP contribution >= 0.6 is 0 Å². The van der Waals surface area contributed by atoms with Crippen molar-refractivity contribution in [1.29, 1.82) is 0 Å². The molecular weight excluding hydrogens is 216 g/mol. The summed E-state index contributed by atoms with van der Waals surface area (Å²) in [5.41, 5.74) is 8.81. The molecule has 0 unspecified atom stereocenters. The lowest BCUT2D eigenvalue weighted by molar-refractivity contribution is -0.121. The van der Waals surface area contributed by atoms with E-state index in [1.807, 2.05) is 45.0 Å². The highest BCUT2D eigenvalue weighted by atomic mass is 16.6. The number of aryl methyl sites for hydroxylation is 1. The lowest BCUT2D eigenvalue weighted by atomic mass is 9.85. The molecule has 0 aromatic heterocycles. The van der Waals surface area contributed by atoms with Crippen LogP contribution in [0.5, 0.6) is 0 Å². The fourth-order valence-corrected chi connectivity index (χ4v) is 2.18. The van der Waals surface area contributed by atoms with Crippen molar-refractivity contribution < 1.29 is 14.3 Å². The first-order chi connectivity index (χ1) is 7.94. The van der Waals surface area contributed by atoms with E-state index in [4.69, 9.17) is 10.3 Å². The van der Waals surface area contributed by atoms with Gasteiger partial charge in [0.15, 0.2) is 5.60 Å². The monoisotopic (exact) mass is 230 g/mol. The van der Waals surface area contributed by atoms with E-state index in [-0.39, 0.29) is 5.78 Å². The normalized spacial score (nSPS) is 24.9. The van der Waals surface area contributed by atoms with Gasteiger partial charge < -0.3 is 10.3 Å². The average molecular weight is 230 g/mol. The first kappa shape index (κ1) is 11.7. The van der Waals surface area contributed by atoms with Crippen LogP contribution < -0.4 is 0 Å². The number of Topliss-reactive ketones (excluding diaryl/α,β-unsaturated/α-hetero) is 1. The minimum absolute atomic E-state index is 0.339. The molecule has 2 rings (SSSR count). The van der Waals surface area contributed by atoms with E-state index in [1.165, 1.54) is 0 Å². The fraction of sp³-hybridized carbons (Fsp3) is 0.385. The zero-order valence-corrected chi connectivity index (χ0v) is 10.1. The molecule has 0 spiro atoms. The quantitative estimate of drug-likeness (QED) is 0.344. The number of benzene rings is 1. The van der Waals surface area contributed by atoms with E-state index in [9.17, 15) is 4.79 Å². The van der Waals surface area contributed by atoms with Gasteiger partial charge in [-0.25, -0.2) is 0 Å². The Morgan fingerprint density at radius 3 is 2.29 bits per heavy atom. The van der Waals surface area contributed by atoms with Gasteiger partial charge in [0.25, 0.3) is 5.78 Å². The lowest BCUT2D eigenvalue weighted by Gasteiger charge is -2.10. The first-order valence-corrected chi connectivity index (χ1v) is 5.43. The summed E-state index contributed by atoms with van der Waals surface area (Å²) in [7, 11) is 0. The third-order valence-corrected chi connectivity index (χ3v) is 3.19. The van der Waals surface area contributed by atoms with Gasteiger partial charge in [-0.1, -0.05) is 29.8 Å². The van der Waals surface area contributed by atoms with E-state index >= 15 is 0 Å². The zero-order valence-electron chi connectivity index (χ0n) is 10.1. The summed E-state index contributed by atoms with van der Waals surface area (Å²) in [4.78, 5) is 14.8. The lowest BCUT2D eigenvalue weighted by Crippen LogP contribution is -2.30. The van der Waals surface area contributed by atoms with Crippen molar-refractivity contribution in [3.8, 4) is 0 Å². The number of hydrogen-bond donors (Lipinski definition) is 0. The SMILES string of the molecule is Cc1ccc([C@@]2(C(=O)C=[N+]=[N-])OC2(C)C)cc1. The molecule has 1 fully saturated rings. The summed E-state index contributed by atoms with van der Waals surface area (Å²) in [6, 6.07) is 7.59. The Bertz CT molecular complexity index is 513. The molecule has 1 heterocycles. The maximum atomic E-state index is 12.0. The van der Waals surface area contributed by atoms with Crippen LogP contribution in [0.15, 0.2) is 24.3 Å². The molecule has 1 aromatic rings.